The van der Waals surface area contributed by atoms with Crippen LogP contribution in [0.2, 0.25) is 1.41 Å². The van der Waals surface area contributed by atoms with Gasteiger partial charge in [0.15, 0.2) is 0 Å². The molecule has 4 nitrogen and oxygen atoms in total. The van der Waals surface area contributed by atoms with Gasteiger partial charge < -0.3 is 5.73 Å². The van der Waals surface area contributed by atoms with E-state index < -0.39 is 17.9 Å². The summed E-state index contributed by atoms with van der Waals surface area (Å²) in [5.41, 5.74) is 1.97. The Kier molecular flexibility index (Phi) is 3.25. The zero-order valence-electron chi connectivity index (χ0n) is 6.55. The predicted molar refractivity (Wildman–Crippen MR) is 40.7 cm³/mol. The lowest BCUT2D eigenvalue weighted by molar-refractivity contribution is -0.129. The molecule has 0 saturated heterocycles. The van der Waals surface area contributed by atoms with E-state index in [1.54, 1.807) is 0 Å². The van der Waals surface area contributed by atoms with Crippen LogP contribution in [-0.2, 0) is 9.59 Å². The van der Waals surface area contributed by atoms with E-state index in [9.17, 15) is 9.59 Å². The summed E-state index contributed by atoms with van der Waals surface area (Å²) >= 11 is 3.80. The SMILES string of the molecule is [2H]N[C@@H](CS)C(=O)NC(C)=O. The summed E-state index contributed by atoms with van der Waals surface area (Å²) < 4.78 is 6.66. The first kappa shape index (κ1) is 7.56. The second kappa shape index (κ2) is 4.29. The molecule has 0 aliphatic rings. The molecule has 0 unspecified atom stereocenters. The van der Waals surface area contributed by atoms with Crippen molar-refractivity contribution in [2.24, 2.45) is 5.73 Å². The molecule has 0 aromatic rings. The van der Waals surface area contributed by atoms with Gasteiger partial charge in [-0.2, -0.15) is 12.6 Å². The Morgan fingerprint density at radius 3 is 2.80 bits per heavy atom. The molecule has 2 amide bonds. The normalized spacial score (nSPS) is 13.6. The van der Waals surface area contributed by atoms with Gasteiger partial charge in [0.25, 0.3) is 0 Å². The van der Waals surface area contributed by atoms with Gasteiger partial charge in [-0.3, -0.25) is 14.9 Å². The van der Waals surface area contributed by atoms with Crippen molar-refractivity contribution in [3.63, 3.8) is 0 Å². The molecule has 5 heteroatoms. The van der Waals surface area contributed by atoms with E-state index in [1.165, 1.54) is 6.92 Å². The third-order valence-corrected chi connectivity index (χ3v) is 1.16. The van der Waals surface area contributed by atoms with Crippen molar-refractivity contribution in [2.75, 3.05) is 5.75 Å². The second-order valence-electron chi connectivity index (χ2n) is 1.78. The molecule has 1 atom stereocenters. The van der Waals surface area contributed by atoms with Crippen molar-refractivity contribution in [3.8, 4) is 0 Å². The largest absolute Gasteiger partial charge is 0.319 e. The summed E-state index contributed by atoms with van der Waals surface area (Å²) in [6, 6.07) is -0.734. The Labute approximate surface area is 66.0 Å². The zero-order chi connectivity index (χ0) is 8.85. The van der Waals surface area contributed by atoms with Crippen LogP contribution in [0.3, 0.4) is 0 Å². The Morgan fingerprint density at radius 2 is 2.50 bits per heavy atom. The zero-order valence-corrected chi connectivity index (χ0v) is 6.44. The fraction of sp³-hybridized carbons (Fsp3) is 0.600. The number of amides is 2. The fourth-order valence-corrected chi connectivity index (χ4v) is 0.509. The van der Waals surface area contributed by atoms with Crippen LogP contribution in [0.4, 0.5) is 0 Å². The van der Waals surface area contributed by atoms with Crippen LogP contribution in [0.25, 0.3) is 0 Å². The third kappa shape index (κ3) is 3.47. The molecule has 0 saturated carbocycles. The molecule has 0 fully saturated rings. The standard InChI is InChI=1S/C5H10N2O2S/c1-3(8)7-5(9)4(6)2-10/h4,10H,2,6H2,1H3,(H,7,8,9)/t4-/m0/s1/i/hD. The van der Waals surface area contributed by atoms with Gasteiger partial charge in [0, 0.05) is 12.7 Å². The van der Waals surface area contributed by atoms with Crippen LogP contribution in [0.15, 0.2) is 0 Å². The number of carbonyl (C=O) groups excluding carboxylic acids is 2. The molecule has 58 valence electrons. The lowest BCUT2D eigenvalue weighted by atomic mass is 10.3. The lowest BCUT2D eigenvalue weighted by Crippen LogP contribution is -2.43. The number of nitrogens with one attached hydrogen (secondary N) is 1. The van der Waals surface area contributed by atoms with Crippen LogP contribution < -0.4 is 11.0 Å². The molecular formula is C5H10N2O2S. The number of imide groups is 1. The molecule has 0 rings (SSSR count). The maximum Gasteiger partial charge on any atom is 0.244 e. The van der Waals surface area contributed by atoms with Gasteiger partial charge in [-0.05, 0) is 0 Å². The first-order valence-corrected chi connectivity index (χ1v) is 3.34. The maximum atomic E-state index is 10.9. The number of carbonyl (C=O) groups is 2. The summed E-state index contributed by atoms with van der Waals surface area (Å²) in [6.07, 6.45) is 0. The van der Waals surface area contributed by atoms with Crippen LogP contribution in [0.5, 0.6) is 0 Å². The highest BCUT2D eigenvalue weighted by Crippen LogP contribution is 1.82. The van der Waals surface area contributed by atoms with Crippen molar-refractivity contribution in [2.45, 2.75) is 13.0 Å². The quantitative estimate of drug-likeness (QED) is 0.463. The van der Waals surface area contributed by atoms with Gasteiger partial charge in [-0.1, -0.05) is 0 Å². The van der Waals surface area contributed by atoms with Crippen LogP contribution in [-0.4, -0.2) is 23.6 Å². The van der Waals surface area contributed by atoms with Gasteiger partial charge in [0.1, 0.15) is 1.41 Å². The van der Waals surface area contributed by atoms with Crippen molar-refractivity contribution in [1.82, 2.24) is 5.32 Å². The van der Waals surface area contributed by atoms with Crippen molar-refractivity contribution in [1.29, 1.82) is 0 Å². The number of hydrogen-bond donors (Lipinski definition) is 3. The van der Waals surface area contributed by atoms with Gasteiger partial charge in [0.05, 0.1) is 6.04 Å². The highest BCUT2D eigenvalue weighted by atomic mass is 32.1. The van der Waals surface area contributed by atoms with Gasteiger partial charge >= 0.3 is 0 Å². The van der Waals surface area contributed by atoms with Crippen molar-refractivity contribution in [3.05, 3.63) is 0 Å². The average Bonchev–Trinajstić information content (AvgIpc) is 1.88. The molecule has 0 heterocycles. The maximum absolute atomic E-state index is 10.9. The first-order chi connectivity index (χ1) is 5.11. The molecule has 0 spiro atoms. The minimum absolute atomic E-state index is 0.183. The van der Waals surface area contributed by atoms with Crippen molar-refractivity contribution < 1.29 is 11.0 Å². The monoisotopic (exact) mass is 163 g/mol. The highest BCUT2D eigenvalue weighted by molar-refractivity contribution is 7.80. The van der Waals surface area contributed by atoms with Crippen LogP contribution >= 0.6 is 12.6 Å². The Morgan fingerprint density at radius 1 is 1.90 bits per heavy atom. The van der Waals surface area contributed by atoms with E-state index in [1.807, 2.05) is 11.0 Å². The minimum Gasteiger partial charge on any atom is -0.319 e. The molecule has 0 radical (unpaired) electrons. The number of thiol groups is 1. The smallest absolute Gasteiger partial charge is 0.244 e. The first-order valence-electron chi connectivity index (χ1n) is 3.21. The molecule has 10 heavy (non-hydrogen) atoms. The lowest BCUT2D eigenvalue weighted by Gasteiger charge is -2.05. The van der Waals surface area contributed by atoms with E-state index in [0.717, 1.165) is 0 Å². The number of nitrogens with two attached hydrogens (primary N) is 1. The van der Waals surface area contributed by atoms with Crippen LogP contribution in [0.1, 0.15) is 6.92 Å². The van der Waals surface area contributed by atoms with Gasteiger partial charge in [-0.15, -0.1) is 0 Å². The van der Waals surface area contributed by atoms with E-state index in [-0.39, 0.29) is 5.75 Å². The third-order valence-electron chi connectivity index (χ3n) is 0.798. The van der Waals surface area contributed by atoms with E-state index in [0.29, 0.717) is 0 Å². The second-order valence-corrected chi connectivity index (χ2v) is 2.15. The summed E-state index contributed by atoms with van der Waals surface area (Å²) in [7, 11) is 0. The molecule has 0 aliphatic heterocycles. The topological polar surface area (TPSA) is 72.2 Å². The Hall–Kier alpha value is -0.550. The van der Waals surface area contributed by atoms with E-state index in [2.05, 4.69) is 12.6 Å². The highest BCUT2D eigenvalue weighted by Gasteiger charge is 2.11. The number of rotatable bonds is 3. The summed E-state index contributed by atoms with van der Waals surface area (Å²) in [4.78, 5) is 21.2. The van der Waals surface area contributed by atoms with Gasteiger partial charge in [-0.25, -0.2) is 0 Å². The summed E-state index contributed by atoms with van der Waals surface area (Å²) in [5, 5.41) is 2.04. The predicted octanol–water partition coefficient (Wildman–Crippen LogP) is -1.09. The van der Waals surface area contributed by atoms with Crippen LogP contribution in [0, 0.1) is 0 Å². The van der Waals surface area contributed by atoms with E-state index >= 15 is 0 Å². The Balaban J connectivity index is 3.89. The fourth-order valence-electron chi connectivity index (χ4n) is 0.344. The molecule has 0 aliphatic carbocycles. The molecular weight excluding hydrogens is 152 g/mol. The molecule has 0 aromatic heterocycles. The molecule has 3 N–H and O–H groups in total. The van der Waals surface area contributed by atoms with Crippen molar-refractivity contribution >= 4 is 24.4 Å². The molecule has 0 aromatic carbocycles. The average molecular weight is 163 g/mol. The number of hydrogen-bond acceptors (Lipinski definition) is 4. The van der Waals surface area contributed by atoms with Gasteiger partial charge in [0.2, 0.25) is 11.8 Å². The van der Waals surface area contributed by atoms with E-state index in [4.69, 9.17) is 1.41 Å². The minimum atomic E-state index is -0.734. The summed E-state index contributed by atoms with van der Waals surface area (Å²) in [5.74, 6) is -0.776. The Bertz CT molecular complexity index is 161. The summed E-state index contributed by atoms with van der Waals surface area (Å²) in [6.45, 7) is 1.23. The molecule has 0 bridgehead atoms.